The SMILES string of the molecule is O=C(c1ccsc1)N1CC[C@H](Oc2ncc(Br)cn2)C1. The maximum absolute atomic E-state index is 12.2. The summed E-state index contributed by atoms with van der Waals surface area (Å²) in [5, 5.41) is 3.78. The van der Waals surface area contributed by atoms with Crippen LogP contribution in [0.4, 0.5) is 0 Å². The summed E-state index contributed by atoms with van der Waals surface area (Å²) in [6.07, 6.45) is 4.05. The molecular formula is C13H12BrN3O2S. The zero-order chi connectivity index (χ0) is 13.9. The van der Waals surface area contributed by atoms with E-state index in [4.69, 9.17) is 4.74 Å². The largest absolute Gasteiger partial charge is 0.458 e. The average molecular weight is 354 g/mol. The molecule has 1 amide bonds. The van der Waals surface area contributed by atoms with Gasteiger partial charge in [0.2, 0.25) is 0 Å². The lowest BCUT2D eigenvalue weighted by Gasteiger charge is -2.15. The molecule has 104 valence electrons. The number of hydrogen-bond acceptors (Lipinski definition) is 5. The van der Waals surface area contributed by atoms with Crippen LogP contribution in [0, 0.1) is 0 Å². The van der Waals surface area contributed by atoms with Gasteiger partial charge in [0, 0.05) is 30.7 Å². The number of nitrogens with zero attached hydrogens (tertiary/aromatic N) is 3. The van der Waals surface area contributed by atoms with E-state index >= 15 is 0 Å². The quantitative estimate of drug-likeness (QED) is 0.850. The van der Waals surface area contributed by atoms with Crippen LogP contribution in [-0.2, 0) is 0 Å². The third kappa shape index (κ3) is 2.99. The first-order valence-corrected chi connectivity index (χ1v) is 7.91. The van der Waals surface area contributed by atoms with E-state index in [1.165, 1.54) is 11.3 Å². The van der Waals surface area contributed by atoms with Gasteiger partial charge in [-0.25, -0.2) is 9.97 Å². The highest BCUT2D eigenvalue weighted by atomic mass is 79.9. The highest BCUT2D eigenvalue weighted by Gasteiger charge is 2.28. The molecular weight excluding hydrogens is 342 g/mol. The van der Waals surface area contributed by atoms with Crippen molar-refractivity contribution in [3.63, 3.8) is 0 Å². The Hall–Kier alpha value is -1.47. The van der Waals surface area contributed by atoms with Crippen LogP contribution in [0.3, 0.4) is 0 Å². The number of rotatable bonds is 3. The van der Waals surface area contributed by atoms with E-state index in [-0.39, 0.29) is 12.0 Å². The Kier molecular flexibility index (Phi) is 3.98. The van der Waals surface area contributed by atoms with Crippen molar-refractivity contribution in [2.45, 2.75) is 12.5 Å². The number of hydrogen-bond donors (Lipinski definition) is 0. The number of thiophene rings is 1. The first-order chi connectivity index (χ1) is 9.72. The van der Waals surface area contributed by atoms with Crippen LogP contribution < -0.4 is 4.74 Å². The van der Waals surface area contributed by atoms with Gasteiger partial charge in [0.1, 0.15) is 6.10 Å². The summed E-state index contributed by atoms with van der Waals surface area (Å²) < 4.78 is 6.50. The molecule has 2 aromatic rings. The molecule has 0 bridgehead atoms. The second-order valence-electron chi connectivity index (χ2n) is 4.48. The first-order valence-electron chi connectivity index (χ1n) is 6.18. The molecule has 1 saturated heterocycles. The summed E-state index contributed by atoms with van der Waals surface area (Å²) in [7, 11) is 0. The molecule has 0 aromatic carbocycles. The Morgan fingerprint density at radius 1 is 1.45 bits per heavy atom. The van der Waals surface area contributed by atoms with Crippen molar-refractivity contribution in [1.82, 2.24) is 14.9 Å². The second kappa shape index (κ2) is 5.88. The molecule has 0 radical (unpaired) electrons. The number of carbonyl (C=O) groups excluding carboxylic acids is 1. The van der Waals surface area contributed by atoms with Crippen LogP contribution in [0.2, 0.25) is 0 Å². The van der Waals surface area contributed by atoms with E-state index in [9.17, 15) is 4.79 Å². The van der Waals surface area contributed by atoms with Crippen molar-refractivity contribution in [2.24, 2.45) is 0 Å². The van der Waals surface area contributed by atoms with Crippen molar-refractivity contribution in [3.05, 3.63) is 39.3 Å². The lowest BCUT2D eigenvalue weighted by Crippen LogP contribution is -2.30. The fourth-order valence-corrected chi connectivity index (χ4v) is 2.92. The van der Waals surface area contributed by atoms with E-state index in [1.807, 2.05) is 21.7 Å². The van der Waals surface area contributed by atoms with Gasteiger partial charge in [-0.3, -0.25) is 4.79 Å². The highest BCUT2D eigenvalue weighted by Crippen LogP contribution is 2.19. The Morgan fingerprint density at radius 2 is 2.25 bits per heavy atom. The van der Waals surface area contributed by atoms with Crippen LogP contribution in [-0.4, -0.2) is 40.0 Å². The lowest BCUT2D eigenvalue weighted by molar-refractivity contribution is 0.0770. The molecule has 7 heteroatoms. The minimum atomic E-state index is -0.0428. The molecule has 5 nitrogen and oxygen atoms in total. The summed E-state index contributed by atoms with van der Waals surface area (Å²) in [6, 6.07) is 2.20. The summed E-state index contributed by atoms with van der Waals surface area (Å²) >= 11 is 4.80. The number of carbonyl (C=O) groups is 1. The third-order valence-corrected chi connectivity index (χ3v) is 4.16. The predicted molar refractivity (Wildman–Crippen MR) is 79.0 cm³/mol. The Bertz CT molecular complexity index is 588. The van der Waals surface area contributed by atoms with E-state index in [1.54, 1.807) is 12.4 Å². The van der Waals surface area contributed by atoms with Crippen LogP contribution in [0.5, 0.6) is 6.01 Å². The smallest absolute Gasteiger partial charge is 0.316 e. The Morgan fingerprint density at radius 3 is 2.95 bits per heavy atom. The molecule has 2 aromatic heterocycles. The standard InChI is InChI=1S/C13H12BrN3O2S/c14-10-5-15-13(16-6-10)19-11-1-3-17(7-11)12(18)9-2-4-20-8-9/h2,4-6,8,11H,1,3,7H2/t11-/m0/s1. The zero-order valence-electron chi connectivity index (χ0n) is 10.5. The van der Waals surface area contributed by atoms with Gasteiger partial charge >= 0.3 is 6.01 Å². The molecule has 0 N–H and O–H groups in total. The number of amides is 1. The van der Waals surface area contributed by atoms with E-state index in [2.05, 4.69) is 25.9 Å². The van der Waals surface area contributed by atoms with Gasteiger partial charge in [0.05, 0.1) is 16.6 Å². The van der Waals surface area contributed by atoms with Crippen molar-refractivity contribution in [1.29, 1.82) is 0 Å². The summed E-state index contributed by atoms with van der Waals surface area (Å²) in [5.74, 6) is 0.0640. The second-order valence-corrected chi connectivity index (χ2v) is 6.17. The van der Waals surface area contributed by atoms with Crippen molar-refractivity contribution < 1.29 is 9.53 Å². The van der Waals surface area contributed by atoms with Crippen LogP contribution in [0.15, 0.2) is 33.7 Å². The molecule has 0 saturated carbocycles. The molecule has 3 heterocycles. The zero-order valence-corrected chi connectivity index (χ0v) is 12.9. The molecule has 0 aliphatic carbocycles. The van der Waals surface area contributed by atoms with Gasteiger partial charge in [0.25, 0.3) is 5.91 Å². The van der Waals surface area contributed by atoms with E-state index in [0.717, 1.165) is 16.5 Å². The minimum Gasteiger partial charge on any atom is -0.458 e. The van der Waals surface area contributed by atoms with Crippen LogP contribution in [0.25, 0.3) is 0 Å². The normalized spacial score (nSPS) is 18.2. The topological polar surface area (TPSA) is 55.3 Å². The number of ether oxygens (including phenoxy) is 1. The van der Waals surface area contributed by atoms with Crippen molar-refractivity contribution in [2.75, 3.05) is 13.1 Å². The monoisotopic (exact) mass is 353 g/mol. The average Bonchev–Trinajstić information content (AvgIpc) is 3.12. The maximum Gasteiger partial charge on any atom is 0.316 e. The Balaban J connectivity index is 1.59. The summed E-state index contributed by atoms with van der Waals surface area (Å²) in [6.45, 7) is 1.28. The molecule has 1 fully saturated rings. The summed E-state index contributed by atoms with van der Waals surface area (Å²) in [4.78, 5) is 22.2. The summed E-state index contributed by atoms with van der Waals surface area (Å²) in [5.41, 5.74) is 0.746. The highest BCUT2D eigenvalue weighted by molar-refractivity contribution is 9.10. The van der Waals surface area contributed by atoms with Crippen LogP contribution >= 0.6 is 27.3 Å². The molecule has 1 aliphatic rings. The van der Waals surface area contributed by atoms with E-state index < -0.39 is 0 Å². The lowest BCUT2D eigenvalue weighted by atomic mass is 10.3. The van der Waals surface area contributed by atoms with Gasteiger partial charge in [-0.15, -0.1) is 0 Å². The fraction of sp³-hybridized carbons (Fsp3) is 0.308. The van der Waals surface area contributed by atoms with Gasteiger partial charge < -0.3 is 9.64 Å². The predicted octanol–water partition coefficient (Wildman–Crippen LogP) is 2.59. The Labute approximate surface area is 128 Å². The van der Waals surface area contributed by atoms with Crippen LogP contribution in [0.1, 0.15) is 16.8 Å². The molecule has 0 unspecified atom stereocenters. The number of likely N-dealkylation sites (tertiary alicyclic amines) is 1. The van der Waals surface area contributed by atoms with Gasteiger partial charge in [0.15, 0.2) is 0 Å². The molecule has 20 heavy (non-hydrogen) atoms. The number of halogens is 1. The van der Waals surface area contributed by atoms with Gasteiger partial charge in [-0.2, -0.15) is 11.3 Å². The van der Waals surface area contributed by atoms with Crippen molar-refractivity contribution >= 4 is 33.2 Å². The minimum absolute atomic E-state index is 0.0428. The first kappa shape index (κ1) is 13.5. The maximum atomic E-state index is 12.2. The number of aromatic nitrogens is 2. The fourth-order valence-electron chi connectivity index (χ4n) is 2.09. The molecule has 1 aliphatic heterocycles. The third-order valence-electron chi connectivity index (χ3n) is 3.07. The molecule has 0 spiro atoms. The van der Waals surface area contributed by atoms with Gasteiger partial charge in [-0.1, -0.05) is 0 Å². The molecule has 1 atom stereocenters. The van der Waals surface area contributed by atoms with Gasteiger partial charge in [-0.05, 0) is 27.4 Å². The van der Waals surface area contributed by atoms with E-state index in [0.29, 0.717) is 19.1 Å². The van der Waals surface area contributed by atoms with Crippen molar-refractivity contribution in [3.8, 4) is 6.01 Å². The molecule has 3 rings (SSSR count).